The molecule has 2 rings (SSSR count). The number of hydrogen-bond acceptors (Lipinski definition) is 4. The van der Waals surface area contributed by atoms with Crippen LogP contribution in [-0.2, 0) is 0 Å². The van der Waals surface area contributed by atoms with Gasteiger partial charge in [0.1, 0.15) is 5.56 Å². The van der Waals surface area contributed by atoms with Crippen LogP contribution in [0.2, 0.25) is 0 Å². The molecule has 0 bridgehead atoms. The van der Waals surface area contributed by atoms with Crippen LogP contribution >= 0.6 is 0 Å². The molecule has 1 fully saturated rings. The second-order valence-corrected chi connectivity index (χ2v) is 5.03. The summed E-state index contributed by atoms with van der Waals surface area (Å²) < 4.78 is 0. The predicted octanol–water partition coefficient (Wildman–Crippen LogP) is 1.89. The van der Waals surface area contributed by atoms with Gasteiger partial charge in [0, 0.05) is 18.7 Å². The first kappa shape index (κ1) is 14.5. The number of aliphatic hydroxyl groups excluding tert-OH is 1. The monoisotopic (exact) mass is 278 g/mol. The molecule has 6 nitrogen and oxygen atoms in total. The Kier molecular flexibility index (Phi) is 4.34. The fraction of sp³-hybridized carbons (Fsp3) is 0.500. The minimum atomic E-state index is -0.530. The molecule has 0 saturated heterocycles. The Labute approximate surface area is 117 Å². The van der Waals surface area contributed by atoms with Crippen LogP contribution in [0.5, 0.6) is 0 Å². The highest BCUT2D eigenvalue weighted by Crippen LogP contribution is 2.29. The van der Waals surface area contributed by atoms with Crippen molar-refractivity contribution in [2.24, 2.45) is 0 Å². The van der Waals surface area contributed by atoms with Crippen LogP contribution in [0.25, 0.3) is 0 Å². The van der Waals surface area contributed by atoms with E-state index in [0.29, 0.717) is 5.56 Å². The molecule has 0 aliphatic heterocycles. The zero-order valence-electron chi connectivity index (χ0n) is 11.4. The number of rotatable bonds is 5. The molecule has 1 aromatic carbocycles. The molecular formula is C14H18N2O4. The molecule has 1 N–H and O–H groups in total. The van der Waals surface area contributed by atoms with Crippen molar-refractivity contribution in [2.75, 3.05) is 13.2 Å². The smallest absolute Gasteiger partial charge is 0.282 e. The maximum Gasteiger partial charge on any atom is 0.282 e. The molecule has 1 aliphatic carbocycles. The molecule has 1 aliphatic rings. The van der Waals surface area contributed by atoms with Crippen molar-refractivity contribution in [1.82, 2.24) is 4.90 Å². The van der Waals surface area contributed by atoms with Crippen molar-refractivity contribution in [3.8, 4) is 0 Å². The lowest BCUT2D eigenvalue weighted by Gasteiger charge is -2.37. The minimum absolute atomic E-state index is 0.0915. The fourth-order valence-corrected chi connectivity index (χ4v) is 2.48. The molecule has 6 heteroatoms. The van der Waals surface area contributed by atoms with Gasteiger partial charge in [-0.1, -0.05) is 12.1 Å². The minimum Gasteiger partial charge on any atom is -0.395 e. The Balaban J connectivity index is 2.37. The number of benzene rings is 1. The van der Waals surface area contributed by atoms with Gasteiger partial charge >= 0.3 is 0 Å². The molecule has 0 heterocycles. The summed E-state index contributed by atoms with van der Waals surface area (Å²) in [5.74, 6) is -0.353. The number of aryl methyl sites for hydroxylation is 1. The van der Waals surface area contributed by atoms with Crippen LogP contribution in [0.1, 0.15) is 35.2 Å². The SMILES string of the molecule is Cc1cccc([N+](=O)[O-])c1C(=O)N(CCO)C1CCC1. The number of carbonyl (C=O) groups excluding carboxylic acids is 1. The molecule has 0 aromatic heterocycles. The Morgan fingerprint density at radius 2 is 2.20 bits per heavy atom. The van der Waals surface area contributed by atoms with E-state index >= 15 is 0 Å². The molecular weight excluding hydrogens is 260 g/mol. The normalized spacial score (nSPS) is 14.7. The van der Waals surface area contributed by atoms with Crippen LogP contribution in [0.15, 0.2) is 18.2 Å². The van der Waals surface area contributed by atoms with Crippen LogP contribution in [-0.4, -0.2) is 40.0 Å². The second-order valence-electron chi connectivity index (χ2n) is 5.03. The second kappa shape index (κ2) is 6.00. The van der Waals surface area contributed by atoms with Crippen LogP contribution in [0.3, 0.4) is 0 Å². The molecule has 0 unspecified atom stereocenters. The van der Waals surface area contributed by atoms with Crippen molar-refractivity contribution in [2.45, 2.75) is 32.2 Å². The molecule has 1 aromatic rings. The average molecular weight is 278 g/mol. The van der Waals surface area contributed by atoms with Gasteiger partial charge in [-0.2, -0.15) is 0 Å². The summed E-state index contributed by atoms with van der Waals surface area (Å²) >= 11 is 0. The number of nitrogens with zero attached hydrogens (tertiary/aromatic N) is 2. The summed E-state index contributed by atoms with van der Waals surface area (Å²) in [5.41, 5.74) is 0.557. The van der Waals surface area contributed by atoms with E-state index < -0.39 is 4.92 Å². The van der Waals surface area contributed by atoms with Gasteiger partial charge in [0.15, 0.2) is 0 Å². The summed E-state index contributed by atoms with van der Waals surface area (Å²) in [4.78, 5) is 24.8. The van der Waals surface area contributed by atoms with Gasteiger partial charge in [-0.15, -0.1) is 0 Å². The van der Waals surface area contributed by atoms with Gasteiger partial charge in [-0.05, 0) is 31.7 Å². The largest absolute Gasteiger partial charge is 0.395 e. The van der Waals surface area contributed by atoms with Crippen molar-refractivity contribution >= 4 is 11.6 Å². The lowest BCUT2D eigenvalue weighted by molar-refractivity contribution is -0.385. The third-order valence-electron chi connectivity index (χ3n) is 3.78. The van der Waals surface area contributed by atoms with Gasteiger partial charge in [0.25, 0.3) is 11.6 Å². The molecule has 0 radical (unpaired) electrons. The van der Waals surface area contributed by atoms with Crippen LogP contribution < -0.4 is 0 Å². The van der Waals surface area contributed by atoms with Crippen molar-refractivity contribution in [1.29, 1.82) is 0 Å². The van der Waals surface area contributed by atoms with Gasteiger partial charge in [-0.3, -0.25) is 14.9 Å². The molecule has 20 heavy (non-hydrogen) atoms. The molecule has 1 saturated carbocycles. The first-order valence-corrected chi connectivity index (χ1v) is 6.72. The van der Waals surface area contributed by atoms with Crippen molar-refractivity contribution < 1.29 is 14.8 Å². The Morgan fingerprint density at radius 1 is 1.50 bits per heavy atom. The average Bonchev–Trinajstić information content (AvgIpc) is 2.35. The quantitative estimate of drug-likeness (QED) is 0.658. The Morgan fingerprint density at radius 3 is 2.70 bits per heavy atom. The standard InChI is InChI=1S/C14H18N2O4/c1-10-4-2-7-12(16(19)20)13(10)14(18)15(8-9-17)11-5-3-6-11/h2,4,7,11,17H,3,5-6,8-9H2,1H3. The first-order valence-electron chi connectivity index (χ1n) is 6.72. The van der Waals surface area contributed by atoms with E-state index in [2.05, 4.69) is 0 Å². The van der Waals surface area contributed by atoms with E-state index in [-0.39, 0.29) is 36.4 Å². The summed E-state index contributed by atoms with van der Waals surface area (Å²) in [6.07, 6.45) is 2.84. The zero-order chi connectivity index (χ0) is 14.7. The van der Waals surface area contributed by atoms with E-state index in [1.165, 1.54) is 6.07 Å². The Bertz CT molecular complexity index is 526. The van der Waals surface area contributed by atoms with Gasteiger partial charge < -0.3 is 10.0 Å². The van der Waals surface area contributed by atoms with Crippen LogP contribution in [0, 0.1) is 17.0 Å². The number of aliphatic hydroxyl groups is 1. The molecule has 0 atom stereocenters. The highest BCUT2D eigenvalue weighted by molar-refractivity contribution is 5.99. The number of nitro groups is 1. The number of hydrogen-bond donors (Lipinski definition) is 1. The van der Waals surface area contributed by atoms with Crippen molar-refractivity contribution in [3.63, 3.8) is 0 Å². The fourth-order valence-electron chi connectivity index (χ4n) is 2.48. The van der Waals surface area contributed by atoms with Gasteiger partial charge in [0.2, 0.25) is 0 Å². The maximum atomic E-state index is 12.6. The molecule has 0 spiro atoms. The molecule has 1 amide bonds. The lowest BCUT2D eigenvalue weighted by atomic mass is 9.90. The predicted molar refractivity (Wildman–Crippen MR) is 73.6 cm³/mol. The van der Waals surface area contributed by atoms with E-state index in [1.807, 2.05) is 0 Å². The third-order valence-corrected chi connectivity index (χ3v) is 3.78. The number of carbonyl (C=O) groups is 1. The van der Waals surface area contributed by atoms with E-state index in [4.69, 9.17) is 5.11 Å². The Hall–Kier alpha value is -1.95. The number of nitro benzene ring substituents is 1. The molecule has 108 valence electrons. The highest BCUT2D eigenvalue weighted by Gasteiger charge is 2.33. The van der Waals surface area contributed by atoms with E-state index in [9.17, 15) is 14.9 Å². The van der Waals surface area contributed by atoms with E-state index in [0.717, 1.165) is 19.3 Å². The third kappa shape index (κ3) is 2.65. The highest BCUT2D eigenvalue weighted by atomic mass is 16.6. The van der Waals surface area contributed by atoms with Gasteiger partial charge in [-0.25, -0.2) is 0 Å². The van der Waals surface area contributed by atoms with Gasteiger partial charge in [0.05, 0.1) is 11.5 Å². The number of amides is 1. The van der Waals surface area contributed by atoms with Crippen molar-refractivity contribution in [3.05, 3.63) is 39.4 Å². The maximum absolute atomic E-state index is 12.6. The summed E-state index contributed by atoms with van der Waals surface area (Å²) in [6.45, 7) is 1.77. The summed E-state index contributed by atoms with van der Waals surface area (Å²) in [6, 6.07) is 4.70. The summed E-state index contributed by atoms with van der Waals surface area (Å²) in [5, 5.41) is 20.2. The summed E-state index contributed by atoms with van der Waals surface area (Å²) in [7, 11) is 0. The van der Waals surface area contributed by atoms with Crippen LogP contribution in [0.4, 0.5) is 5.69 Å². The lowest BCUT2D eigenvalue weighted by Crippen LogP contribution is -2.46. The zero-order valence-corrected chi connectivity index (χ0v) is 11.4. The topological polar surface area (TPSA) is 83.7 Å². The first-order chi connectivity index (χ1) is 9.56. The van der Waals surface area contributed by atoms with E-state index in [1.54, 1.807) is 24.0 Å².